The third kappa shape index (κ3) is 6.19. The van der Waals surface area contributed by atoms with E-state index >= 15 is 0 Å². The highest BCUT2D eigenvalue weighted by Crippen LogP contribution is 2.77. The number of benzene rings is 2. The molecule has 7 rings (SSSR count). The fourth-order valence-electron chi connectivity index (χ4n) is 12.3. The van der Waals surface area contributed by atoms with Crippen molar-refractivity contribution in [1.29, 1.82) is 0 Å². The van der Waals surface area contributed by atoms with Gasteiger partial charge < -0.3 is 22.9 Å². The zero-order valence-corrected chi connectivity index (χ0v) is 31.7. The van der Waals surface area contributed by atoms with Crippen molar-refractivity contribution in [3.8, 4) is 0 Å². The molecule has 0 heterocycles. The normalized spacial score (nSPS) is 35.5. The lowest BCUT2D eigenvalue weighted by molar-refractivity contribution is -0.0535. The standard InChI is InChI=1S/C36H52N2O.C8H10N2O/c1-21(2)8-7-9-22(3)27-11-12-28-26-10-13-31-35(5,29(26)14-16-34(27,28)4)17-15-30-32(36(30,31)6)33(39)23-18-24(37)20-25(38)19-23;1-5(11)6-2-7(9)4-8(10)3-6/h8,13,18-20,22,26-30,32H,7,9-12,14-17,37-38H2,1-6H3;2-4H,9-10H2,1H3. The molecule has 2 aromatic rings. The van der Waals surface area contributed by atoms with Gasteiger partial charge in [0.15, 0.2) is 11.6 Å². The molecule has 0 bridgehead atoms. The van der Waals surface area contributed by atoms with Crippen LogP contribution in [0.5, 0.6) is 0 Å². The number of hydrogen-bond donors (Lipinski definition) is 4. The Balaban J connectivity index is 0.000000336. The molecule has 5 aliphatic carbocycles. The Morgan fingerprint density at radius 1 is 0.780 bits per heavy atom. The third-order valence-electron chi connectivity index (χ3n) is 14.6. The molecular formula is C44H62N4O2. The van der Waals surface area contributed by atoms with Crippen LogP contribution in [0, 0.1) is 57.7 Å². The molecule has 5 aliphatic rings. The first-order valence-corrected chi connectivity index (χ1v) is 19.2. The molecule has 0 aliphatic heterocycles. The average Bonchev–Trinajstić information content (AvgIpc) is 3.48. The van der Waals surface area contributed by atoms with Gasteiger partial charge in [-0.15, -0.1) is 0 Å². The monoisotopic (exact) mass is 678 g/mol. The van der Waals surface area contributed by atoms with Crippen LogP contribution in [0.15, 0.2) is 59.7 Å². The van der Waals surface area contributed by atoms with Gasteiger partial charge in [0.25, 0.3) is 0 Å². The number of hydrogen-bond acceptors (Lipinski definition) is 6. The molecule has 270 valence electrons. The molecule has 2 aromatic carbocycles. The second-order valence-electron chi connectivity index (χ2n) is 17.8. The summed E-state index contributed by atoms with van der Waals surface area (Å²) in [4.78, 5) is 24.6. The summed E-state index contributed by atoms with van der Waals surface area (Å²) in [6.07, 6.45) is 16.9. The van der Waals surface area contributed by atoms with Gasteiger partial charge in [0.2, 0.25) is 0 Å². The number of fused-ring (bicyclic) bond motifs is 7. The SMILES string of the molecule is CC(=O)c1cc(N)cc(N)c1.CC(C)=CCCC(C)C1CCC2C3CC=C4C(C)(CCC5C(C(=O)c6cc(N)cc(N)c6)C45C)C3CCC12C. The lowest BCUT2D eigenvalue weighted by atomic mass is 9.46. The molecule has 10 atom stereocenters. The van der Waals surface area contributed by atoms with Gasteiger partial charge >= 0.3 is 0 Å². The first-order chi connectivity index (χ1) is 23.5. The number of ketones is 2. The van der Waals surface area contributed by atoms with E-state index in [-0.39, 0.29) is 28.3 Å². The highest BCUT2D eigenvalue weighted by molar-refractivity contribution is 6.02. The molecule has 6 nitrogen and oxygen atoms in total. The number of allylic oxidation sites excluding steroid dienone is 4. The van der Waals surface area contributed by atoms with E-state index in [1.807, 2.05) is 12.1 Å². The van der Waals surface area contributed by atoms with E-state index in [4.69, 9.17) is 22.9 Å². The zero-order valence-electron chi connectivity index (χ0n) is 31.7. The summed E-state index contributed by atoms with van der Waals surface area (Å²) in [5.41, 5.74) is 30.4. The van der Waals surface area contributed by atoms with Crippen LogP contribution in [-0.2, 0) is 0 Å². The van der Waals surface area contributed by atoms with Crippen molar-refractivity contribution < 1.29 is 9.59 Å². The maximum atomic E-state index is 13.8. The number of carbonyl (C=O) groups excluding carboxylic acids is 2. The summed E-state index contributed by atoms with van der Waals surface area (Å²) >= 11 is 0. The second kappa shape index (κ2) is 13.2. The van der Waals surface area contributed by atoms with Crippen molar-refractivity contribution in [1.82, 2.24) is 0 Å². The number of nitrogen functional groups attached to an aromatic ring is 4. The van der Waals surface area contributed by atoms with Gasteiger partial charge in [0.05, 0.1) is 0 Å². The molecule has 0 spiro atoms. The molecule has 0 amide bonds. The van der Waals surface area contributed by atoms with Crippen LogP contribution in [0.1, 0.15) is 127 Å². The predicted octanol–water partition coefficient (Wildman–Crippen LogP) is 9.91. The number of rotatable bonds is 7. The second-order valence-corrected chi connectivity index (χ2v) is 17.8. The van der Waals surface area contributed by atoms with E-state index in [1.165, 1.54) is 70.3 Å². The lowest BCUT2D eigenvalue weighted by Crippen LogP contribution is -2.51. The molecule has 4 saturated carbocycles. The van der Waals surface area contributed by atoms with Crippen LogP contribution < -0.4 is 22.9 Å². The average molecular weight is 679 g/mol. The first-order valence-electron chi connectivity index (χ1n) is 19.2. The summed E-state index contributed by atoms with van der Waals surface area (Å²) < 4.78 is 0. The topological polar surface area (TPSA) is 138 Å². The first kappa shape index (κ1) is 36.3. The van der Waals surface area contributed by atoms with E-state index in [2.05, 4.69) is 53.7 Å². The van der Waals surface area contributed by atoms with Gasteiger partial charge in [-0.1, -0.05) is 51.0 Å². The van der Waals surface area contributed by atoms with E-state index in [0.717, 1.165) is 29.6 Å². The maximum Gasteiger partial charge on any atom is 0.167 e. The molecule has 0 radical (unpaired) electrons. The number of Topliss-reactive ketones (excluding diaryl/α,β-unsaturated/α-hetero) is 2. The smallest absolute Gasteiger partial charge is 0.167 e. The van der Waals surface area contributed by atoms with Gasteiger partial charge in [-0.2, -0.15) is 0 Å². The minimum atomic E-state index is -0.0241. The van der Waals surface area contributed by atoms with E-state index in [0.29, 0.717) is 45.2 Å². The molecular weight excluding hydrogens is 617 g/mol. The Labute approximate surface area is 300 Å². The Morgan fingerprint density at radius 2 is 1.36 bits per heavy atom. The van der Waals surface area contributed by atoms with Gasteiger partial charge in [-0.25, -0.2) is 0 Å². The van der Waals surface area contributed by atoms with Crippen LogP contribution >= 0.6 is 0 Å². The van der Waals surface area contributed by atoms with Gasteiger partial charge in [0, 0.05) is 45.2 Å². The molecule has 0 saturated heterocycles. The largest absolute Gasteiger partial charge is 0.399 e. The van der Waals surface area contributed by atoms with Crippen molar-refractivity contribution in [2.45, 2.75) is 106 Å². The summed E-state index contributed by atoms with van der Waals surface area (Å²) in [6, 6.07) is 10.2. The Kier molecular flexibility index (Phi) is 9.58. The van der Waals surface area contributed by atoms with Gasteiger partial charge in [-0.3, -0.25) is 9.59 Å². The van der Waals surface area contributed by atoms with Crippen LogP contribution in [0.25, 0.3) is 0 Å². The fraction of sp³-hybridized carbons (Fsp3) is 0.591. The molecule has 4 fully saturated rings. The number of anilines is 4. The van der Waals surface area contributed by atoms with Crippen molar-refractivity contribution in [3.05, 3.63) is 70.8 Å². The predicted molar refractivity (Wildman–Crippen MR) is 208 cm³/mol. The highest BCUT2D eigenvalue weighted by atomic mass is 16.1. The van der Waals surface area contributed by atoms with Crippen LogP contribution in [-0.4, -0.2) is 11.6 Å². The fourth-order valence-corrected chi connectivity index (χ4v) is 12.3. The van der Waals surface area contributed by atoms with E-state index in [9.17, 15) is 9.59 Å². The van der Waals surface area contributed by atoms with Crippen LogP contribution in [0.3, 0.4) is 0 Å². The highest BCUT2D eigenvalue weighted by Gasteiger charge is 2.72. The van der Waals surface area contributed by atoms with Crippen molar-refractivity contribution >= 4 is 34.3 Å². The third-order valence-corrected chi connectivity index (χ3v) is 14.6. The van der Waals surface area contributed by atoms with Crippen molar-refractivity contribution in [3.63, 3.8) is 0 Å². The molecule has 50 heavy (non-hydrogen) atoms. The van der Waals surface area contributed by atoms with Crippen LogP contribution in [0.2, 0.25) is 0 Å². The summed E-state index contributed by atoms with van der Waals surface area (Å²) in [5, 5.41) is 0. The minimum absolute atomic E-state index is 0.00677. The molecule has 0 aromatic heterocycles. The molecule has 10 unspecified atom stereocenters. The van der Waals surface area contributed by atoms with Crippen LogP contribution in [0.4, 0.5) is 22.7 Å². The van der Waals surface area contributed by atoms with E-state index < -0.39 is 0 Å². The number of carbonyl (C=O) groups is 2. The Bertz CT molecular complexity index is 1680. The number of nitrogens with two attached hydrogens (primary N) is 4. The lowest BCUT2D eigenvalue weighted by Gasteiger charge is -2.59. The molecule has 6 heteroatoms. The zero-order chi connectivity index (χ0) is 36.3. The summed E-state index contributed by atoms with van der Waals surface area (Å²) in [6.45, 7) is 16.2. The van der Waals surface area contributed by atoms with Gasteiger partial charge in [0.1, 0.15) is 0 Å². The summed E-state index contributed by atoms with van der Waals surface area (Å²) in [7, 11) is 0. The van der Waals surface area contributed by atoms with Crippen molar-refractivity contribution in [2.24, 2.45) is 57.7 Å². The van der Waals surface area contributed by atoms with Crippen molar-refractivity contribution in [2.75, 3.05) is 22.9 Å². The molecule has 8 N–H and O–H groups in total. The minimum Gasteiger partial charge on any atom is -0.399 e. The van der Waals surface area contributed by atoms with E-state index in [1.54, 1.807) is 29.8 Å². The Hall–Kier alpha value is -3.54. The Morgan fingerprint density at radius 3 is 1.94 bits per heavy atom. The quantitative estimate of drug-likeness (QED) is 0.131. The maximum absolute atomic E-state index is 13.8. The van der Waals surface area contributed by atoms with Gasteiger partial charge in [-0.05, 0) is 161 Å². The summed E-state index contributed by atoms with van der Waals surface area (Å²) in [5.74, 6) is 4.91.